The van der Waals surface area contributed by atoms with Gasteiger partial charge in [0.25, 0.3) is 0 Å². The lowest BCUT2D eigenvalue weighted by atomic mass is 9.45. The summed E-state index contributed by atoms with van der Waals surface area (Å²) in [6.45, 7) is 3.98. The average Bonchev–Trinajstić information content (AvgIpc) is 2.74. The standard InChI is InChI=1S/C19H24O4/c1-17-6-3-11(20)9-14(17)15(21)10-13-12(17)4-7-18(2)16(22)5-8-19(13,18)23/h9,12-13,23H,3-8,10H2,1-2H3/t12?,13?,17-,18-,19-/m1/s1. The van der Waals surface area contributed by atoms with Crippen molar-refractivity contribution in [3.8, 4) is 0 Å². The fraction of sp³-hybridized carbons (Fsp3) is 0.737. The number of ketones is 3. The zero-order valence-corrected chi connectivity index (χ0v) is 13.9. The van der Waals surface area contributed by atoms with Crippen LogP contribution >= 0.6 is 0 Å². The molecule has 4 rings (SSSR count). The zero-order chi connectivity index (χ0) is 16.6. The van der Waals surface area contributed by atoms with E-state index in [1.54, 1.807) is 6.08 Å². The summed E-state index contributed by atoms with van der Waals surface area (Å²) < 4.78 is 0. The fourth-order valence-corrected chi connectivity index (χ4v) is 6.11. The third kappa shape index (κ3) is 1.68. The molecule has 23 heavy (non-hydrogen) atoms. The highest BCUT2D eigenvalue weighted by Gasteiger charge is 2.67. The number of Topliss-reactive ketones (excluding diaryl/α,β-unsaturated/α-hetero) is 2. The number of allylic oxidation sites excluding steroid dienone is 1. The Morgan fingerprint density at radius 2 is 1.78 bits per heavy atom. The summed E-state index contributed by atoms with van der Waals surface area (Å²) in [6.07, 6.45) is 5.43. The number of hydrogen-bond donors (Lipinski definition) is 1. The Bertz CT molecular complexity index is 662. The molecule has 0 amide bonds. The third-order valence-electron chi connectivity index (χ3n) is 7.69. The van der Waals surface area contributed by atoms with E-state index in [0.29, 0.717) is 37.7 Å². The highest BCUT2D eigenvalue weighted by atomic mass is 16.3. The van der Waals surface area contributed by atoms with Gasteiger partial charge < -0.3 is 5.11 Å². The number of carbonyl (C=O) groups excluding carboxylic acids is 3. The minimum atomic E-state index is -1.06. The van der Waals surface area contributed by atoms with E-state index in [1.807, 2.05) is 6.92 Å². The predicted octanol–water partition coefficient (Wildman–Crippen LogP) is 2.38. The van der Waals surface area contributed by atoms with Gasteiger partial charge in [0.15, 0.2) is 11.6 Å². The summed E-state index contributed by atoms with van der Waals surface area (Å²) in [5.74, 6) is 0.216. The molecule has 0 saturated heterocycles. The molecule has 1 N–H and O–H groups in total. The zero-order valence-electron chi connectivity index (χ0n) is 13.9. The second kappa shape index (κ2) is 4.41. The Kier molecular flexibility index (Phi) is 2.92. The van der Waals surface area contributed by atoms with E-state index in [9.17, 15) is 19.5 Å². The molecule has 4 nitrogen and oxygen atoms in total. The first-order chi connectivity index (χ1) is 10.7. The Morgan fingerprint density at radius 1 is 1.04 bits per heavy atom. The van der Waals surface area contributed by atoms with Crippen LogP contribution in [-0.2, 0) is 14.4 Å². The van der Waals surface area contributed by atoms with Gasteiger partial charge in [-0.05, 0) is 55.9 Å². The van der Waals surface area contributed by atoms with Crippen LogP contribution in [0.1, 0.15) is 58.8 Å². The highest BCUT2D eigenvalue weighted by Crippen LogP contribution is 2.65. The lowest BCUT2D eigenvalue weighted by molar-refractivity contribution is -0.181. The quantitative estimate of drug-likeness (QED) is 0.745. The summed E-state index contributed by atoms with van der Waals surface area (Å²) in [6, 6.07) is 0. The summed E-state index contributed by atoms with van der Waals surface area (Å²) in [4.78, 5) is 36.9. The molecule has 0 aromatic rings. The molecule has 0 aromatic heterocycles. The summed E-state index contributed by atoms with van der Waals surface area (Å²) in [5.41, 5.74) is -1.40. The van der Waals surface area contributed by atoms with Crippen molar-refractivity contribution in [2.45, 2.75) is 64.4 Å². The minimum absolute atomic E-state index is 0.00109. The molecule has 0 heterocycles. The van der Waals surface area contributed by atoms with Crippen LogP contribution in [0.2, 0.25) is 0 Å². The molecular weight excluding hydrogens is 292 g/mol. The minimum Gasteiger partial charge on any atom is -0.389 e. The van der Waals surface area contributed by atoms with E-state index in [-0.39, 0.29) is 41.0 Å². The van der Waals surface area contributed by atoms with Crippen LogP contribution in [0.5, 0.6) is 0 Å². The number of aliphatic hydroxyl groups is 1. The van der Waals surface area contributed by atoms with E-state index < -0.39 is 11.0 Å². The van der Waals surface area contributed by atoms with Crippen molar-refractivity contribution in [1.29, 1.82) is 0 Å². The molecule has 0 radical (unpaired) electrons. The Labute approximate surface area is 136 Å². The first-order valence-electron chi connectivity index (χ1n) is 8.76. The fourth-order valence-electron chi connectivity index (χ4n) is 6.11. The van der Waals surface area contributed by atoms with Crippen molar-refractivity contribution in [2.75, 3.05) is 0 Å². The highest BCUT2D eigenvalue weighted by molar-refractivity contribution is 6.06. The van der Waals surface area contributed by atoms with Crippen LogP contribution in [0.15, 0.2) is 11.6 Å². The van der Waals surface area contributed by atoms with Crippen LogP contribution < -0.4 is 0 Å². The SMILES string of the molecule is C[C@]12CCC(=O)C=C1C(=O)CC1C2CC[C@]2(C)C(=O)CC[C@@]12O. The van der Waals surface area contributed by atoms with Crippen molar-refractivity contribution in [3.05, 3.63) is 11.6 Å². The molecule has 3 saturated carbocycles. The van der Waals surface area contributed by atoms with E-state index >= 15 is 0 Å². The largest absolute Gasteiger partial charge is 0.389 e. The summed E-state index contributed by atoms with van der Waals surface area (Å²) in [7, 11) is 0. The van der Waals surface area contributed by atoms with Crippen molar-refractivity contribution in [2.24, 2.45) is 22.7 Å². The molecule has 3 fully saturated rings. The van der Waals surface area contributed by atoms with Gasteiger partial charge in [-0.2, -0.15) is 0 Å². The van der Waals surface area contributed by atoms with Crippen molar-refractivity contribution in [1.82, 2.24) is 0 Å². The number of fused-ring (bicyclic) bond motifs is 5. The van der Waals surface area contributed by atoms with Crippen LogP contribution in [0.25, 0.3) is 0 Å². The van der Waals surface area contributed by atoms with Gasteiger partial charge in [-0.3, -0.25) is 14.4 Å². The Hall–Kier alpha value is -1.29. The van der Waals surface area contributed by atoms with Gasteiger partial charge in [0.2, 0.25) is 0 Å². The predicted molar refractivity (Wildman–Crippen MR) is 83.6 cm³/mol. The topological polar surface area (TPSA) is 71.4 Å². The van der Waals surface area contributed by atoms with Gasteiger partial charge in [0, 0.05) is 24.8 Å². The normalized spacial score (nSPS) is 49.3. The number of rotatable bonds is 0. The Morgan fingerprint density at radius 3 is 2.52 bits per heavy atom. The maximum absolute atomic E-state index is 12.7. The molecule has 0 bridgehead atoms. The second-order valence-electron chi connectivity index (χ2n) is 8.50. The second-order valence-corrected chi connectivity index (χ2v) is 8.50. The molecular formula is C19H24O4. The molecule has 2 unspecified atom stereocenters. The Balaban J connectivity index is 1.81. The molecule has 5 atom stereocenters. The summed E-state index contributed by atoms with van der Waals surface area (Å²) >= 11 is 0. The van der Waals surface area contributed by atoms with Crippen LogP contribution in [0, 0.1) is 22.7 Å². The van der Waals surface area contributed by atoms with Crippen molar-refractivity contribution >= 4 is 17.3 Å². The summed E-state index contributed by atoms with van der Waals surface area (Å²) in [5, 5.41) is 11.5. The lowest BCUT2D eigenvalue weighted by Gasteiger charge is -2.59. The van der Waals surface area contributed by atoms with Gasteiger partial charge in [0.1, 0.15) is 5.78 Å². The first kappa shape index (κ1) is 15.3. The maximum Gasteiger partial charge on any atom is 0.159 e. The van der Waals surface area contributed by atoms with Gasteiger partial charge in [0.05, 0.1) is 11.0 Å². The van der Waals surface area contributed by atoms with Crippen LogP contribution in [0.3, 0.4) is 0 Å². The van der Waals surface area contributed by atoms with Crippen molar-refractivity contribution < 1.29 is 19.5 Å². The van der Waals surface area contributed by atoms with Crippen LogP contribution in [0.4, 0.5) is 0 Å². The van der Waals surface area contributed by atoms with Gasteiger partial charge in [-0.25, -0.2) is 0 Å². The van der Waals surface area contributed by atoms with E-state index in [1.165, 1.54) is 0 Å². The number of carbonyl (C=O) groups is 3. The average molecular weight is 316 g/mol. The maximum atomic E-state index is 12.7. The van der Waals surface area contributed by atoms with Crippen molar-refractivity contribution in [3.63, 3.8) is 0 Å². The van der Waals surface area contributed by atoms with Gasteiger partial charge in [-0.15, -0.1) is 0 Å². The smallest absolute Gasteiger partial charge is 0.159 e. The first-order valence-corrected chi connectivity index (χ1v) is 8.76. The molecule has 0 aliphatic heterocycles. The van der Waals surface area contributed by atoms with Gasteiger partial charge in [-0.1, -0.05) is 6.92 Å². The molecule has 0 spiro atoms. The van der Waals surface area contributed by atoms with Crippen LogP contribution in [-0.4, -0.2) is 28.1 Å². The third-order valence-corrected chi connectivity index (χ3v) is 7.69. The van der Waals surface area contributed by atoms with E-state index in [2.05, 4.69) is 6.92 Å². The monoisotopic (exact) mass is 316 g/mol. The molecule has 4 aliphatic rings. The lowest BCUT2D eigenvalue weighted by Crippen LogP contribution is -2.62. The number of hydrogen-bond acceptors (Lipinski definition) is 4. The molecule has 124 valence electrons. The molecule has 0 aromatic carbocycles. The molecule has 4 heteroatoms. The van der Waals surface area contributed by atoms with E-state index in [4.69, 9.17) is 0 Å². The van der Waals surface area contributed by atoms with E-state index in [0.717, 1.165) is 6.42 Å². The molecule has 4 aliphatic carbocycles. The van der Waals surface area contributed by atoms with Gasteiger partial charge >= 0.3 is 0 Å².